The molecule has 0 spiro atoms. The van der Waals surface area contributed by atoms with Crippen LogP contribution in [-0.2, 0) is 4.74 Å². The quantitative estimate of drug-likeness (QED) is 0.771. The van der Waals surface area contributed by atoms with Crippen LogP contribution in [-0.4, -0.2) is 31.8 Å². The summed E-state index contributed by atoms with van der Waals surface area (Å²) in [6, 6.07) is 0.453. The maximum Gasteiger partial charge on any atom is 0.0613 e. The smallest absolute Gasteiger partial charge is 0.0613 e. The van der Waals surface area contributed by atoms with E-state index in [1.807, 2.05) is 0 Å². The topological polar surface area (TPSA) is 47.3 Å². The van der Waals surface area contributed by atoms with Crippen LogP contribution >= 0.6 is 0 Å². The van der Waals surface area contributed by atoms with Gasteiger partial charge in [0, 0.05) is 19.2 Å². The molecule has 2 rings (SSSR count). The zero-order valence-corrected chi connectivity index (χ0v) is 11.2. The Morgan fingerprint density at radius 2 is 2.12 bits per heavy atom. The normalized spacial score (nSPS) is 38.5. The lowest BCUT2D eigenvalue weighted by atomic mass is 9.86. The Labute approximate surface area is 105 Å². The summed E-state index contributed by atoms with van der Waals surface area (Å²) in [5.74, 6) is 1.54. The highest BCUT2D eigenvalue weighted by Crippen LogP contribution is 2.24. The molecule has 1 saturated heterocycles. The fourth-order valence-electron chi connectivity index (χ4n) is 3.37. The molecule has 0 bridgehead atoms. The monoisotopic (exact) mass is 240 g/mol. The lowest BCUT2D eigenvalue weighted by Crippen LogP contribution is -2.36. The van der Waals surface area contributed by atoms with E-state index in [1.54, 1.807) is 0 Å². The van der Waals surface area contributed by atoms with Crippen LogP contribution in [0.3, 0.4) is 0 Å². The molecule has 17 heavy (non-hydrogen) atoms. The molecule has 1 aliphatic heterocycles. The molecule has 2 aliphatic rings. The molecule has 3 nitrogen and oxygen atoms in total. The second-order valence-corrected chi connectivity index (χ2v) is 5.82. The van der Waals surface area contributed by atoms with Crippen molar-refractivity contribution in [3.05, 3.63) is 0 Å². The summed E-state index contributed by atoms with van der Waals surface area (Å²) < 4.78 is 5.71. The van der Waals surface area contributed by atoms with E-state index < -0.39 is 0 Å². The molecular weight excluding hydrogens is 212 g/mol. The van der Waals surface area contributed by atoms with Gasteiger partial charge in [0.15, 0.2) is 0 Å². The van der Waals surface area contributed by atoms with E-state index in [0.717, 1.165) is 38.0 Å². The lowest BCUT2D eigenvalue weighted by molar-refractivity contribution is 0.0869. The van der Waals surface area contributed by atoms with Crippen molar-refractivity contribution >= 4 is 0 Å². The van der Waals surface area contributed by atoms with Gasteiger partial charge in [-0.15, -0.1) is 0 Å². The fourth-order valence-corrected chi connectivity index (χ4v) is 3.37. The minimum absolute atomic E-state index is 0.453. The highest BCUT2D eigenvalue weighted by atomic mass is 16.5. The maximum atomic E-state index is 6.01. The van der Waals surface area contributed by atoms with Gasteiger partial charge in [-0.05, 0) is 50.5 Å². The first-order chi connectivity index (χ1) is 8.29. The third kappa shape index (κ3) is 3.94. The summed E-state index contributed by atoms with van der Waals surface area (Å²) in [6.07, 6.45) is 8.00. The largest absolute Gasteiger partial charge is 0.378 e. The van der Waals surface area contributed by atoms with Crippen LogP contribution in [0.15, 0.2) is 0 Å². The van der Waals surface area contributed by atoms with Gasteiger partial charge >= 0.3 is 0 Å². The standard InChI is InChI=1S/C14H28N2O/c1-2-14-12(6-7-17-14)10-16-9-11-4-3-5-13(15)8-11/h11-14,16H,2-10,15H2,1H3. The Hall–Kier alpha value is -0.120. The molecule has 1 saturated carbocycles. The maximum absolute atomic E-state index is 6.01. The second-order valence-electron chi connectivity index (χ2n) is 5.82. The van der Waals surface area contributed by atoms with Crippen molar-refractivity contribution in [1.29, 1.82) is 0 Å². The summed E-state index contributed by atoms with van der Waals surface area (Å²) in [6.45, 7) is 5.47. The Balaban J connectivity index is 1.62. The molecule has 0 aromatic heterocycles. The van der Waals surface area contributed by atoms with Gasteiger partial charge in [0.2, 0.25) is 0 Å². The third-order valence-electron chi connectivity index (χ3n) is 4.41. The number of hydrogen-bond donors (Lipinski definition) is 2. The molecule has 2 fully saturated rings. The summed E-state index contributed by atoms with van der Waals surface area (Å²) >= 11 is 0. The molecule has 0 aromatic carbocycles. The highest BCUT2D eigenvalue weighted by molar-refractivity contribution is 4.80. The number of nitrogens with two attached hydrogens (primary N) is 1. The highest BCUT2D eigenvalue weighted by Gasteiger charge is 2.26. The fraction of sp³-hybridized carbons (Fsp3) is 1.00. The van der Waals surface area contributed by atoms with Crippen LogP contribution in [0.2, 0.25) is 0 Å². The van der Waals surface area contributed by atoms with E-state index in [-0.39, 0.29) is 0 Å². The van der Waals surface area contributed by atoms with E-state index in [1.165, 1.54) is 32.1 Å². The Bertz CT molecular complexity index is 222. The second kappa shape index (κ2) is 6.72. The van der Waals surface area contributed by atoms with Crippen molar-refractivity contribution < 1.29 is 4.74 Å². The first kappa shape index (κ1) is 13.3. The minimum atomic E-state index is 0.453. The molecule has 3 N–H and O–H groups in total. The van der Waals surface area contributed by atoms with Crippen LogP contribution in [0.5, 0.6) is 0 Å². The predicted octanol–water partition coefficient (Wildman–Crippen LogP) is 1.91. The van der Waals surface area contributed by atoms with Gasteiger partial charge < -0.3 is 15.8 Å². The zero-order valence-electron chi connectivity index (χ0n) is 11.2. The number of hydrogen-bond acceptors (Lipinski definition) is 3. The van der Waals surface area contributed by atoms with Crippen molar-refractivity contribution in [3.63, 3.8) is 0 Å². The van der Waals surface area contributed by atoms with Crippen molar-refractivity contribution in [2.75, 3.05) is 19.7 Å². The molecule has 4 unspecified atom stereocenters. The zero-order chi connectivity index (χ0) is 12.1. The van der Waals surface area contributed by atoms with Gasteiger partial charge in [-0.3, -0.25) is 0 Å². The van der Waals surface area contributed by atoms with Crippen LogP contribution < -0.4 is 11.1 Å². The molecule has 0 aromatic rings. The van der Waals surface area contributed by atoms with Gasteiger partial charge in [0.05, 0.1) is 6.10 Å². The Morgan fingerprint density at radius 1 is 1.24 bits per heavy atom. The summed E-state index contributed by atoms with van der Waals surface area (Å²) in [7, 11) is 0. The average Bonchev–Trinajstić information content (AvgIpc) is 2.77. The minimum Gasteiger partial charge on any atom is -0.378 e. The van der Waals surface area contributed by atoms with Crippen molar-refractivity contribution in [1.82, 2.24) is 5.32 Å². The van der Waals surface area contributed by atoms with E-state index >= 15 is 0 Å². The molecule has 100 valence electrons. The summed E-state index contributed by atoms with van der Waals surface area (Å²) in [5.41, 5.74) is 6.01. The van der Waals surface area contributed by atoms with Gasteiger partial charge in [0.25, 0.3) is 0 Å². The molecular formula is C14H28N2O. The Morgan fingerprint density at radius 3 is 2.88 bits per heavy atom. The Kier molecular flexibility index (Phi) is 5.26. The molecule has 0 radical (unpaired) electrons. The van der Waals surface area contributed by atoms with E-state index in [2.05, 4.69) is 12.2 Å². The van der Waals surface area contributed by atoms with Gasteiger partial charge in [-0.2, -0.15) is 0 Å². The van der Waals surface area contributed by atoms with Crippen molar-refractivity contribution in [2.24, 2.45) is 17.6 Å². The number of rotatable bonds is 5. The van der Waals surface area contributed by atoms with Crippen molar-refractivity contribution in [3.8, 4) is 0 Å². The van der Waals surface area contributed by atoms with Crippen LogP contribution in [0.25, 0.3) is 0 Å². The molecule has 1 aliphatic carbocycles. The predicted molar refractivity (Wildman–Crippen MR) is 70.9 cm³/mol. The number of ether oxygens (including phenoxy) is 1. The van der Waals surface area contributed by atoms with Crippen LogP contribution in [0.1, 0.15) is 45.4 Å². The first-order valence-corrected chi connectivity index (χ1v) is 7.37. The average molecular weight is 240 g/mol. The van der Waals surface area contributed by atoms with Gasteiger partial charge in [0.1, 0.15) is 0 Å². The molecule has 0 amide bonds. The van der Waals surface area contributed by atoms with E-state index in [4.69, 9.17) is 10.5 Å². The lowest BCUT2D eigenvalue weighted by Gasteiger charge is -2.27. The summed E-state index contributed by atoms with van der Waals surface area (Å²) in [4.78, 5) is 0. The van der Waals surface area contributed by atoms with Crippen LogP contribution in [0.4, 0.5) is 0 Å². The van der Waals surface area contributed by atoms with E-state index in [9.17, 15) is 0 Å². The third-order valence-corrected chi connectivity index (χ3v) is 4.41. The van der Waals surface area contributed by atoms with Crippen LogP contribution in [0, 0.1) is 11.8 Å². The molecule has 1 heterocycles. The molecule has 4 atom stereocenters. The van der Waals surface area contributed by atoms with Gasteiger partial charge in [-0.25, -0.2) is 0 Å². The number of nitrogens with one attached hydrogen (secondary N) is 1. The first-order valence-electron chi connectivity index (χ1n) is 7.37. The van der Waals surface area contributed by atoms with Crippen molar-refractivity contribution in [2.45, 2.75) is 57.6 Å². The SMILES string of the molecule is CCC1OCCC1CNCC1CCCC(N)C1. The van der Waals surface area contributed by atoms with Gasteiger partial charge in [-0.1, -0.05) is 13.3 Å². The molecule has 3 heteroatoms. The van der Waals surface area contributed by atoms with E-state index in [0.29, 0.717) is 12.1 Å². The summed E-state index contributed by atoms with van der Waals surface area (Å²) in [5, 5.41) is 3.65.